The van der Waals surface area contributed by atoms with Gasteiger partial charge in [-0.05, 0) is 18.9 Å². The van der Waals surface area contributed by atoms with Gasteiger partial charge in [0.25, 0.3) is 0 Å². The first-order valence-corrected chi connectivity index (χ1v) is 3.50. The van der Waals surface area contributed by atoms with E-state index in [4.69, 9.17) is 0 Å². The molecule has 3 heteroatoms. The topological polar surface area (TPSA) is 43.4 Å². The van der Waals surface area contributed by atoms with Gasteiger partial charge in [-0.1, -0.05) is 6.92 Å². The van der Waals surface area contributed by atoms with Crippen LogP contribution >= 0.6 is 0 Å². The van der Waals surface area contributed by atoms with Crippen LogP contribution in [-0.4, -0.2) is 11.8 Å². The number of cyclic esters (lactones) is 1. The molecule has 2 atom stereocenters. The lowest BCUT2D eigenvalue weighted by molar-refractivity contribution is -0.149. The van der Waals surface area contributed by atoms with Crippen molar-refractivity contribution in [3.8, 4) is 0 Å². The largest absolute Gasteiger partial charge is 0.434 e. The molecule has 2 unspecified atom stereocenters. The van der Waals surface area contributed by atoms with Gasteiger partial charge in [0.05, 0.1) is 6.26 Å². The summed E-state index contributed by atoms with van der Waals surface area (Å²) < 4.78 is 4.58. The second-order valence-electron chi connectivity index (χ2n) is 2.71. The van der Waals surface area contributed by atoms with Gasteiger partial charge in [-0.2, -0.15) is 0 Å². The molecule has 1 aliphatic rings. The molecule has 0 saturated carbocycles. The van der Waals surface area contributed by atoms with Gasteiger partial charge in [-0.3, -0.25) is 9.59 Å². The summed E-state index contributed by atoms with van der Waals surface area (Å²) in [5, 5.41) is 0. The zero-order valence-electron chi connectivity index (χ0n) is 6.53. The van der Waals surface area contributed by atoms with Crippen LogP contribution < -0.4 is 0 Å². The summed E-state index contributed by atoms with van der Waals surface area (Å²) in [6.07, 6.45) is 3.06. The van der Waals surface area contributed by atoms with E-state index in [1.165, 1.54) is 13.2 Å². The highest BCUT2D eigenvalue weighted by Crippen LogP contribution is 2.20. The van der Waals surface area contributed by atoms with Crippen molar-refractivity contribution >= 4 is 11.8 Å². The molecule has 1 aliphatic heterocycles. The average molecular weight is 154 g/mol. The first-order chi connectivity index (χ1) is 5.13. The molecular weight excluding hydrogens is 144 g/mol. The molecule has 3 nitrogen and oxygen atoms in total. The highest BCUT2D eigenvalue weighted by molar-refractivity contribution is 5.98. The van der Waals surface area contributed by atoms with Gasteiger partial charge in [0.2, 0.25) is 0 Å². The maximum atomic E-state index is 11.0. The highest BCUT2D eigenvalue weighted by Gasteiger charge is 2.31. The van der Waals surface area contributed by atoms with Crippen LogP contribution in [0.1, 0.15) is 13.8 Å². The fourth-order valence-corrected chi connectivity index (χ4v) is 1.17. The molecule has 0 amide bonds. The highest BCUT2D eigenvalue weighted by atomic mass is 16.5. The molecule has 0 aromatic carbocycles. The second kappa shape index (κ2) is 2.86. The van der Waals surface area contributed by atoms with E-state index >= 15 is 0 Å². The van der Waals surface area contributed by atoms with Gasteiger partial charge in [-0.25, -0.2) is 0 Å². The molecule has 0 bridgehead atoms. The predicted octanol–water partition coefficient (Wildman–Crippen LogP) is 0.898. The maximum absolute atomic E-state index is 11.0. The summed E-state index contributed by atoms with van der Waals surface area (Å²) in [7, 11) is 0. The minimum atomic E-state index is -0.597. The molecule has 0 aliphatic carbocycles. The molecule has 60 valence electrons. The number of esters is 1. The quantitative estimate of drug-likeness (QED) is 0.416. The Morgan fingerprint density at radius 1 is 1.64 bits per heavy atom. The molecule has 0 aromatic rings. The molecule has 11 heavy (non-hydrogen) atoms. The van der Waals surface area contributed by atoms with Gasteiger partial charge in [0.15, 0.2) is 0 Å². The van der Waals surface area contributed by atoms with Gasteiger partial charge in [0, 0.05) is 0 Å². The van der Waals surface area contributed by atoms with Crippen molar-refractivity contribution < 1.29 is 14.3 Å². The number of hydrogen-bond acceptors (Lipinski definition) is 3. The normalized spacial score (nSPS) is 29.8. The van der Waals surface area contributed by atoms with Gasteiger partial charge >= 0.3 is 5.97 Å². The third kappa shape index (κ3) is 1.48. The lowest BCUT2D eigenvalue weighted by atomic mass is 9.90. The standard InChI is InChI=1S/C8H10O3/c1-5-3-4-11-8(10)7(5)6(2)9/h3-5,7H,1-2H3. The monoisotopic (exact) mass is 154 g/mol. The summed E-state index contributed by atoms with van der Waals surface area (Å²) in [5.41, 5.74) is 0. The number of allylic oxidation sites excluding steroid dienone is 1. The van der Waals surface area contributed by atoms with Crippen molar-refractivity contribution in [2.24, 2.45) is 11.8 Å². The van der Waals surface area contributed by atoms with E-state index in [2.05, 4.69) is 4.74 Å². The van der Waals surface area contributed by atoms with Crippen LogP contribution in [0.4, 0.5) is 0 Å². The summed E-state index contributed by atoms with van der Waals surface area (Å²) in [6.45, 7) is 3.23. The molecule has 1 heterocycles. The van der Waals surface area contributed by atoms with E-state index in [9.17, 15) is 9.59 Å². The Kier molecular flexibility index (Phi) is 2.08. The van der Waals surface area contributed by atoms with Crippen molar-refractivity contribution in [2.75, 3.05) is 0 Å². The summed E-state index contributed by atoms with van der Waals surface area (Å²) >= 11 is 0. The zero-order valence-corrected chi connectivity index (χ0v) is 6.53. The number of rotatable bonds is 1. The van der Waals surface area contributed by atoms with E-state index in [-0.39, 0.29) is 11.7 Å². The molecule has 0 saturated heterocycles. The Morgan fingerprint density at radius 2 is 2.27 bits per heavy atom. The fourth-order valence-electron chi connectivity index (χ4n) is 1.17. The van der Waals surface area contributed by atoms with E-state index in [0.717, 1.165) is 0 Å². The third-order valence-electron chi connectivity index (χ3n) is 1.78. The molecule has 0 spiro atoms. The Morgan fingerprint density at radius 3 is 2.64 bits per heavy atom. The van der Waals surface area contributed by atoms with Crippen molar-refractivity contribution in [3.63, 3.8) is 0 Å². The Bertz CT molecular complexity index is 217. The third-order valence-corrected chi connectivity index (χ3v) is 1.78. The number of carbonyl (C=O) groups is 2. The van der Waals surface area contributed by atoms with E-state index in [1.54, 1.807) is 6.08 Å². The van der Waals surface area contributed by atoms with Crippen LogP contribution in [0.15, 0.2) is 12.3 Å². The number of Topliss-reactive ketones (excluding diaryl/α,β-unsaturated/α-hetero) is 1. The predicted molar refractivity (Wildman–Crippen MR) is 38.6 cm³/mol. The molecular formula is C8H10O3. The molecule has 0 fully saturated rings. The van der Waals surface area contributed by atoms with Crippen LogP contribution in [0.25, 0.3) is 0 Å². The minimum absolute atomic E-state index is 0.0336. The van der Waals surface area contributed by atoms with Crippen molar-refractivity contribution in [2.45, 2.75) is 13.8 Å². The lowest BCUT2D eigenvalue weighted by Crippen LogP contribution is -2.30. The second-order valence-corrected chi connectivity index (χ2v) is 2.71. The SMILES string of the molecule is CC(=O)C1C(=O)OC=CC1C. The van der Waals surface area contributed by atoms with Crippen molar-refractivity contribution in [1.29, 1.82) is 0 Å². The van der Waals surface area contributed by atoms with Gasteiger partial charge in [0.1, 0.15) is 11.7 Å². The van der Waals surface area contributed by atoms with Gasteiger partial charge < -0.3 is 4.74 Å². The maximum Gasteiger partial charge on any atom is 0.321 e. The molecule has 0 aromatic heterocycles. The van der Waals surface area contributed by atoms with Crippen LogP contribution in [0.3, 0.4) is 0 Å². The number of carbonyl (C=O) groups excluding carboxylic acids is 2. The van der Waals surface area contributed by atoms with E-state index in [1.807, 2.05) is 6.92 Å². The number of hydrogen-bond donors (Lipinski definition) is 0. The molecule has 1 rings (SSSR count). The van der Waals surface area contributed by atoms with Crippen molar-refractivity contribution in [1.82, 2.24) is 0 Å². The van der Waals surface area contributed by atoms with E-state index in [0.29, 0.717) is 0 Å². The Hall–Kier alpha value is -1.12. The molecule has 0 N–H and O–H groups in total. The fraction of sp³-hybridized carbons (Fsp3) is 0.500. The molecule has 0 radical (unpaired) electrons. The first kappa shape index (κ1) is 7.98. The van der Waals surface area contributed by atoms with E-state index < -0.39 is 11.9 Å². The summed E-state index contributed by atoms with van der Waals surface area (Å²) in [5.74, 6) is -1.20. The zero-order chi connectivity index (χ0) is 8.43. The number of ketones is 1. The Balaban J connectivity index is 2.83. The van der Waals surface area contributed by atoms with Crippen LogP contribution in [-0.2, 0) is 14.3 Å². The van der Waals surface area contributed by atoms with Crippen LogP contribution in [0, 0.1) is 11.8 Å². The smallest absolute Gasteiger partial charge is 0.321 e. The number of ether oxygens (including phenoxy) is 1. The first-order valence-electron chi connectivity index (χ1n) is 3.50. The van der Waals surface area contributed by atoms with Crippen molar-refractivity contribution in [3.05, 3.63) is 12.3 Å². The lowest BCUT2D eigenvalue weighted by Gasteiger charge is -2.19. The van der Waals surface area contributed by atoms with Crippen LogP contribution in [0.5, 0.6) is 0 Å². The van der Waals surface area contributed by atoms with Crippen LogP contribution in [0.2, 0.25) is 0 Å². The summed E-state index contributed by atoms with van der Waals surface area (Å²) in [6, 6.07) is 0. The summed E-state index contributed by atoms with van der Waals surface area (Å²) in [4.78, 5) is 21.8. The van der Waals surface area contributed by atoms with Gasteiger partial charge in [-0.15, -0.1) is 0 Å². The average Bonchev–Trinajstić information content (AvgIpc) is 1.85. The minimum Gasteiger partial charge on any atom is -0.434 e. The Labute approximate surface area is 65.0 Å².